The van der Waals surface area contributed by atoms with Crippen LogP contribution in [0.1, 0.15) is 13.3 Å². The standard InChI is InChI=1S/C9H18ClNO3S/c1-3-14-6-4-5-11-15(12,13)8-9(2)7-10/h3,9,11H,1,4-8H2,2H3. The first-order valence-electron chi connectivity index (χ1n) is 4.77. The highest BCUT2D eigenvalue weighted by Gasteiger charge is 2.13. The molecule has 0 aliphatic rings. The molecule has 0 rings (SSSR count). The number of halogens is 1. The SMILES string of the molecule is C=COCCCNS(=O)(=O)CC(C)CCl. The van der Waals surface area contributed by atoms with Crippen molar-refractivity contribution in [2.45, 2.75) is 13.3 Å². The molecule has 6 heteroatoms. The molecule has 0 bridgehead atoms. The van der Waals surface area contributed by atoms with Gasteiger partial charge in [0.15, 0.2) is 0 Å². The van der Waals surface area contributed by atoms with Crippen LogP contribution in [-0.2, 0) is 14.8 Å². The summed E-state index contributed by atoms with van der Waals surface area (Å²) in [5.74, 6) is 0.382. The fraction of sp³-hybridized carbons (Fsp3) is 0.778. The van der Waals surface area contributed by atoms with Gasteiger partial charge in [-0.3, -0.25) is 0 Å². The quantitative estimate of drug-likeness (QED) is 0.384. The minimum atomic E-state index is -3.20. The van der Waals surface area contributed by atoms with Gasteiger partial charge in [0, 0.05) is 12.4 Å². The molecule has 0 aromatic carbocycles. The molecular weight excluding hydrogens is 238 g/mol. The van der Waals surface area contributed by atoms with Gasteiger partial charge in [0.2, 0.25) is 10.0 Å². The van der Waals surface area contributed by atoms with Crippen LogP contribution < -0.4 is 4.72 Å². The summed E-state index contributed by atoms with van der Waals surface area (Å²) in [6.07, 6.45) is 1.96. The number of hydrogen-bond donors (Lipinski definition) is 1. The molecule has 0 spiro atoms. The molecule has 0 heterocycles. The number of rotatable bonds is 9. The van der Waals surface area contributed by atoms with Gasteiger partial charge in [0.1, 0.15) is 0 Å². The number of alkyl halides is 1. The van der Waals surface area contributed by atoms with Crippen LogP contribution in [-0.4, -0.2) is 33.2 Å². The van der Waals surface area contributed by atoms with Crippen molar-refractivity contribution in [2.75, 3.05) is 24.8 Å². The van der Waals surface area contributed by atoms with Crippen LogP contribution in [0.4, 0.5) is 0 Å². The summed E-state index contributed by atoms with van der Waals surface area (Å²) < 4.78 is 30.1. The third-order valence-corrected chi connectivity index (χ3v) is 3.82. The molecular formula is C9H18ClNO3S. The molecule has 15 heavy (non-hydrogen) atoms. The van der Waals surface area contributed by atoms with Crippen LogP contribution in [0.5, 0.6) is 0 Å². The molecule has 90 valence electrons. The monoisotopic (exact) mass is 255 g/mol. The molecule has 0 saturated heterocycles. The maximum absolute atomic E-state index is 11.4. The van der Waals surface area contributed by atoms with E-state index in [1.807, 2.05) is 0 Å². The summed E-state index contributed by atoms with van der Waals surface area (Å²) in [7, 11) is -3.20. The highest BCUT2D eigenvalue weighted by atomic mass is 35.5. The second-order valence-corrected chi connectivity index (χ2v) is 5.49. The van der Waals surface area contributed by atoms with E-state index in [-0.39, 0.29) is 11.7 Å². The zero-order valence-corrected chi connectivity index (χ0v) is 10.5. The average Bonchev–Trinajstić information content (AvgIpc) is 2.16. The number of nitrogens with one attached hydrogen (secondary N) is 1. The first-order chi connectivity index (χ1) is 7.02. The van der Waals surface area contributed by atoms with Crippen molar-refractivity contribution in [1.82, 2.24) is 4.72 Å². The Morgan fingerprint density at radius 3 is 2.80 bits per heavy atom. The maximum atomic E-state index is 11.4. The number of hydrogen-bond acceptors (Lipinski definition) is 3. The Balaban J connectivity index is 3.70. The van der Waals surface area contributed by atoms with Crippen molar-refractivity contribution in [1.29, 1.82) is 0 Å². The lowest BCUT2D eigenvalue weighted by atomic mass is 10.3. The number of ether oxygens (including phenoxy) is 1. The third-order valence-electron chi connectivity index (χ3n) is 1.65. The van der Waals surface area contributed by atoms with Crippen LogP contribution in [0, 0.1) is 5.92 Å². The first kappa shape index (κ1) is 14.7. The van der Waals surface area contributed by atoms with E-state index in [9.17, 15) is 8.42 Å². The molecule has 1 N–H and O–H groups in total. The summed E-state index contributed by atoms with van der Waals surface area (Å²) in [4.78, 5) is 0. The van der Waals surface area contributed by atoms with Crippen LogP contribution in [0.2, 0.25) is 0 Å². The predicted molar refractivity (Wildman–Crippen MR) is 62.4 cm³/mol. The Morgan fingerprint density at radius 2 is 2.27 bits per heavy atom. The van der Waals surface area contributed by atoms with E-state index in [0.29, 0.717) is 25.5 Å². The third kappa shape index (κ3) is 8.72. The lowest BCUT2D eigenvalue weighted by molar-refractivity contribution is 0.247. The smallest absolute Gasteiger partial charge is 0.211 e. The van der Waals surface area contributed by atoms with Crippen molar-refractivity contribution < 1.29 is 13.2 Å². The molecule has 0 amide bonds. The second-order valence-electron chi connectivity index (χ2n) is 3.33. The van der Waals surface area contributed by atoms with Crippen LogP contribution in [0.3, 0.4) is 0 Å². The summed E-state index contributed by atoms with van der Waals surface area (Å²) >= 11 is 5.54. The van der Waals surface area contributed by atoms with E-state index in [1.54, 1.807) is 6.92 Å². The zero-order chi connectivity index (χ0) is 11.7. The molecule has 0 fully saturated rings. The lowest BCUT2D eigenvalue weighted by Gasteiger charge is -2.09. The Morgan fingerprint density at radius 1 is 1.60 bits per heavy atom. The average molecular weight is 256 g/mol. The molecule has 1 atom stereocenters. The fourth-order valence-electron chi connectivity index (χ4n) is 0.945. The Kier molecular flexibility index (Phi) is 7.82. The largest absolute Gasteiger partial charge is 0.502 e. The normalized spacial score (nSPS) is 13.5. The minimum Gasteiger partial charge on any atom is -0.502 e. The summed E-state index contributed by atoms with van der Waals surface area (Å²) in [5, 5.41) is 0. The van der Waals surface area contributed by atoms with Crippen molar-refractivity contribution in [2.24, 2.45) is 5.92 Å². The van der Waals surface area contributed by atoms with Crippen molar-refractivity contribution in [3.8, 4) is 0 Å². The van der Waals surface area contributed by atoms with Gasteiger partial charge in [0.25, 0.3) is 0 Å². The topological polar surface area (TPSA) is 55.4 Å². The molecule has 0 aliphatic carbocycles. The molecule has 4 nitrogen and oxygen atoms in total. The molecule has 0 radical (unpaired) electrons. The van der Waals surface area contributed by atoms with Crippen molar-refractivity contribution in [3.05, 3.63) is 12.8 Å². The van der Waals surface area contributed by atoms with E-state index in [4.69, 9.17) is 16.3 Å². The van der Waals surface area contributed by atoms with Crippen LogP contribution in [0.25, 0.3) is 0 Å². The minimum absolute atomic E-state index is 0.0337. The maximum Gasteiger partial charge on any atom is 0.211 e. The number of sulfonamides is 1. The Bertz CT molecular complexity index is 267. The van der Waals surface area contributed by atoms with E-state index in [0.717, 1.165) is 0 Å². The molecule has 0 saturated carbocycles. The highest BCUT2D eigenvalue weighted by Crippen LogP contribution is 2.01. The van der Waals surface area contributed by atoms with Gasteiger partial charge in [-0.1, -0.05) is 13.5 Å². The summed E-state index contributed by atoms with van der Waals surface area (Å²) in [6.45, 7) is 6.03. The van der Waals surface area contributed by atoms with Gasteiger partial charge in [-0.25, -0.2) is 13.1 Å². The van der Waals surface area contributed by atoms with Crippen molar-refractivity contribution in [3.63, 3.8) is 0 Å². The van der Waals surface area contributed by atoms with Gasteiger partial charge in [0.05, 0.1) is 18.6 Å². The van der Waals surface area contributed by atoms with Gasteiger partial charge >= 0.3 is 0 Å². The van der Waals surface area contributed by atoms with Crippen LogP contribution in [0.15, 0.2) is 12.8 Å². The predicted octanol–water partition coefficient (Wildman–Crippen LogP) is 1.33. The van der Waals surface area contributed by atoms with Gasteiger partial charge < -0.3 is 4.74 Å². The lowest BCUT2D eigenvalue weighted by Crippen LogP contribution is -2.30. The van der Waals surface area contributed by atoms with Gasteiger partial charge in [-0.15, -0.1) is 11.6 Å². The molecule has 0 aromatic rings. The van der Waals surface area contributed by atoms with E-state index in [1.165, 1.54) is 6.26 Å². The zero-order valence-electron chi connectivity index (χ0n) is 8.91. The molecule has 0 aromatic heterocycles. The fourth-order valence-corrected chi connectivity index (χ4v) is 2.62. The summed E-state index contributed by atoms with van der Waals surface area (Å²) in [6, 6.07) is 0. The molecule has 1 unspecified atom stereocenters. The van der Waals surface area contributed by atoms with Gasteiger partial charge in [-0.05, 0) is 12.3 Å². The van der Waals surface area contributed by atoms with Gasteiger partial charge in [-0.2, -0.15) is 0 Å². The second kappa shape index (κ2) is 7.96. The van der Waals surface area contributed by atoms with Crippen LogP contribution >= 0.6 is 11.6 Å². The Labute approximate surface area is 96.7 Å². The van der Waals surface area contributed by atoms with E-state index in [2.05, 4.69) is 11.3 Å². The van der Waals surface area contributed by atoms with E-state index >= 15 is 0 Å². The van der Waals surface area contributed by atoms with Crippen molar-refractivity contribution >= 4 is 21.6 Å². The molecule has 0 aliphatic heterocycles. The Hall–Kier alpha value is -0.260. The van der Waals surface area contributed by atoms with E-state index < -0.39 is 10.0 Å². The summed E-state index contributed by atoms with van der Waals surface area (Å²) in [5.41, 5.74) is 0. The highest BCUT2D eigenvalue weighted by molar-refractivity contribution is 7.89. The first-order valence-corrected chi connectivity index (χ1v) is 6.96.